The Morgan fingerprint density at radius 2 is 2.11 bits per heavy atom. The number of benzene rings is 1. The summed E-state index contributed by atoms with van der Waals surface area (Å²) < 4.78 is 5.98. The van der Waals surface area contributed by atoms with E-state index in [1.807, 2.05) is 20.0 Å². The highest BCUT2D eigenvalue weighted by molar-refractivity contribution is 6.35. The summed E-state index contributed by atoms with van der Waals surface area (Å²) in [6, 6.07) is 4.46. The lowest BCUT2D eigenvalue weighted by atomic mass is 9.95. The molecule has 3 heterocycles. The fraction of sp³-hybridized carbons (Fsp3) is 0.429. The molecule has 0 radical (unpaired) electrons. The van der Waals surface area contributed by atoms with E-state index >= 15 is 0 Å². The summed E-state index contributed by atoms with van der Waals surface area (Å²) in [6.07, 6.45) is 5.16. The number of rotatable bonds is 4. The molecule has 7 heteroatoms. The lowest BCUT2D eigenvalue weighted by Crippen LogP contribution is -2.24. The Bertz CT molecular complexity index is 927. The fourth-order valence-electron chi connectivity index (χ4n) is 3.75. The average molecular weight is 400 g/mol. The summed E-state index contributed by atoms with van der Waals surface area (Å²) in [5.74, 6) is 2.22. The van der Waals surface area contributed by atoms with Crippen molar-refractivity contribution in [3.8, 4) is 5.75 Å². The number of aryl methyl sites for hydroxylation is 1. The highest BCUT2D eigenvalue weighted by Gasteiger charge is 2.25. The van der Waals surface area contributed by atoms with Gasteiger partial charge in [-0.1, -0.05) is 17.7 Å². The van der Waals surface area contributed by atoms with Crippen molar-refractivity contribution in [2.75, 3.05) is 30.8 Å². The van der Waals surface area contributed by atoms with Crippen LogP contribution < -0.4 is 20.7 Å². The average Bonchev–Trinajstić information content (AvgIpc) is 3.02. The van der Waals surface area contributed by atoms with Gasteiger partial charge in [-0.15, -0.1) is 0 Å². The van der Waals surface area contributed by atoms with E-state index in [1.165, 1.54) is 11.1 Å². The molecule has 148 valence electrons. The van der Waals surface area contributed by atoms with E-state index in [1.54, 1.807) is 0 Å². The minimum atomic E-state index is 0.489. The third-order valence-corrected chi connectivity index (χ3v) is 5.64. The number of nitrogens with zero attached hydrogens (tertiary/aromatic N) is 2. The molecule has 0 amide bonds. The molecule has 1 atom stereocenters. The van der Waals surface area contributed by atoms with Crippen molar-refractivity contribution in [3.63, 3.8) is 0 Å². The lowest BCUT2D eigenvalue weighted by molar-refractivity contribution is 0.356. The van der Waals surface area contributed by atoms with Crippen molar-refractivity contribution < 1.29 is 4.74 Å². The molecular weight excluding hydrogens is 374 g/mol. The van der Waals surface area contributed by atoms with Gasteiger partial charge in [-0.25, -0.2) is 4.98 Å². The number of fused-ring (bicyclic) bond motifs is 1. The van der Waals surface area contributed by atoms with Gasteiger partial charge in [-0.3, -0.25) is 0 Å². The molecule has 0 bridgehead atoms. The van der Waals surface area contributed by atoms with Crippen molar-refractivity contribution in [2.24, 2.45) is 0 Å². The monoisotopic (exact) mass is 399 g/mol. The quantitative estimate of drug-likeness (QED) is 0.711. The molecule has 4 rings (SSSR count). The number of anilines is 3. The van der Waals surface area contributed by atoms with E-state index in [4.69, 9.17) is 16.3 Å². The molecule has 0 saturated carbocycles. The fourth-order valence-corrected chi connectivity index (χ4v) is 4.06. The first-order chi connectivity index (χ1) is 13.5. The minimum Gasteiger partial charge on any atom is -0.492 e. The van der Waals surface area contributed by atoms with Crippen molar-refractivity contribution in [3.05, 3.63) is 40.1 Å². The second-order valence-electron chi connectivity index (χ2n) is 7.37. The number of aromatic nitrogens is 2. The Balaban J connectivity index is 1.75. The number of ether oxygens (including phenoxy) is 1. The molecule has 2 aliphatic heterocycles. The predicted molar refractivity (Wildman–Crippen MR) is 115 cm³/mol. The highest BCUT2D eigenvalue weighted by Crippen LogP contribution is 2.45. The van der Waals surface area contributed by atoms with Crippen LogP contribution in [0, 0.1) is 6.92 Å². The molecule has 0 saturated heterocycles. The van der Waals surface area contributed by atoms with E-state index in [9.17, 15) is 0 Å². The molecular formula is C21H26ClN5O. The van der Waals surface area contributed by atoms with Crippen LogP contribution in [0.1, 0.15) is 36.6 Å². The largest absolute Gasteiger partial charge is 0.492 e. The molecule has 1 aromatic heterocycles. The number of hydrogen-bond donors (Lipinski definition) is 3. The molecule has 3 N–H and O–H groups in total. The second kappa shape index (κ2) is 7.97. The summed E-state index contributed by atoms with van der Waals surface area (Å²) >= 11 is 6.90. The highest BCUT2D eigenvalue weighted by atomic mass is 35.5. The van der Waals surface area contributed by atoms with Crippen LogP contribution in [-0.2, 0) is 6.42 Å². The molecule has 0 unspecified atom stereocenters. The maximum Gasteiger partial charge on any atom is 0.229 e. The molecule has 2 aromatic rings. The molecule has 0 spiro atoms. The van der Waals surface area contributed by atoms with Crippen LogP contribution in [0.4, 0.5) is 17.5 Å². The number of halogens is 1. The zero-order valence-electron chi connectivity index (χ0n) is 16.5. The predicted octanol–water partition coefficient (Wildman–Crippen LogP) is 4.31. The van der Waals surface area contributed by atoms with Crippen molar-refractivity contribution >= 4 is 34.6 Å². The van der Waals surface area contributed by atoms with Crippen LogP contribution in [0.15, 0.2) is 18.2 Å². The van der Waals surface area contributed by atoms with Crippen LogP contribution >= 0.6 is 11.6 Å². The van der Waals surface area contributed by atoms with E-state index in [2.05, 4.69) is 45.0 Å². The van der Waals surface area contributed by atoms with Gasteiger partial charge in [-0.2, -0.15) is 4.98 Å². The van der Waals surface area contributed by atoms with E-state index in [0.717, 1.165) is 54.3 Å². The number of allylic oxidation sites excluding steroid dienone is 1. The van der Waals surface area contributed by atoms with Crippen LogP contribution in [-0.4, -0.2) is 36.2 Å². The van der Waals surface area contributed by atoms with Crippen LogP contribution in [0.5, 0.6) is 5.75 Å². The van der Waals surface area contributed by atoms with Gasteiger partial charge >= 0.3 is 0 Å². The van der Waals surface area contributed by atoms with Crippen LogP contribution in [0.3, 0.4) is 0 Å². The van der Waals surface area contributed by atoms with Crippen molar-refractivity contribution in [1.29, 1.82) is 0 Å². The molecule has 0 fully saturated rings. The summed E-state index contributed by atoms with van der Waals surface area (Å²) in [6.45, 7) is 5.69. The SMILES string of the molecule is CNc1cc(C)nc(Nc2cc3c(c(C4=CCN[C@@H](C)CC4)c2Cl)OCC3)n1. The first-order valence-electron chi connectivity index (χ1n) is 9.76. The molecule has 6 nitrogen and oxygen atoms in total. The van der Waals surface area contributed by atoms with Gasteiger partial charge in [-0.05, 0) is 38.3 Å². The summed E-state index contributed by atoms with van der Waals surface area (Å²) in [7, 11) is 1.84. The second-order valence-corrected chi connectivity index (χ2v) is 7.75. The van der Waals surface area contributed by atoms with Gasteiger partial charge in [0.15, 0.2) is 0 Å². The standard InChI is InChI=1S/C21H26ClN5O/c1-12-4-5-14(6-8-24-12)18-19(22)16(11-15-7-9-28-20(15)18)26-21-25-13(2)10-17(23-3)27-21/h6,10-12,24H,4-5,7-9H2,1-3H3,(H2,23,25,26,27)/t12-/m0/s1. The van der Waals surface area contributed by atoms with Gasteiger partial charge in [0.05, 0.1) is 17.3 Å². The van der Waals surface area contributed by atoms with E-state index in [-0.39, 0.29) is 0 Å². The zero-order valence-corrected chi connectivity index (χ0v) is 17.3. The zero-order chi connectivity index (χ0) is 19.7. The normalized spacial score (nSPS) is 18.7. The summed E-state index contributed by atoms with van der Waals surface area (Å²) in [4.78, 5) is 9.00. The summed E-state index contributed by atoms with van der Waals surface area (Å²) in [5, 5.41) is 10.6. The smallest absolute Gasteiger partial charge is 0.229 e. The Morgan fingerprint density at radius 1 is 1.25 bits per heavy atom. The first kappa shape index (κ1) is 19.0. The third kappa shape index (κ3) is 3.80. The minimum absolute atomic E-state index is 0.489. The Labute approximate surface area is 170 Å². The van der Waals surface area contributed by atoms with Gasteiger partial charge in [0.25, 0.3) is 0 Å². The Morgan fingerprint density at radius 3 is 2.93 bits per heavy atom. The Hall–Kier alpha value is -2.31. The van der Waals surface area contributed by atoms with E-state index < -0.39 is 0 Å². The van der Waals surface area contributed by atoms with Crippen molar-refractivity contribution in [1.82, 2.24) is 15.3 Å². The number of hydrogen-bond acceptors (Lipinski definition) is 6. The lowest BCUT2D eigenvalue weighted by Gasteiger charge is -2.18. The van der Waals surface area contributed by atoms with Crippen molar-refractivity contribution in [2.45, 2.75) is 39.2 Å². The van der Waals surface area contributed by atoms with Gasteiger partial charge in [0, 0.05) is 48.9 Å². The maximum absolute atomic E-state index is 6.90. The third-order valence-electron chi connectivity index (χ3n) is 5.25. The molecule has 1 aromatic carbocycles. The van der Waals surface area contributed by atoms with Crippen LogP contribution in [0.2, 0.25) is 5.02 Å². The van der Waals surface area contributed by atoms with Gasteiger partial charge in [0.1, 0.15) is 11.6 Å². The van der Waals surface area contributed by atoms with Gasteiger partial charge < -0.3 is 20.7 Å². The van der Waals surface area contributed by atoms with Gasteiger partial charge in [0.2, 0.25) is 5.95 Å². The molecule has 28 heavy (non-hydrogen) atoms. The summed E-state index contributed by atoms with van der Waals surface area (Å²) in [5.41, 5.74) is 5.13. The molecule has 2 aliphatic rings. The molecule has 0 aliphatic carbocycles. The topological polar surface area (TPSA) is 71.1 Å². The Kier molecular flexibility index (Phi) is 5.42. The van der Waals surface area contributed by atoms with E-state index in [0.29, 0.717) is 23.6 Å². The van der Waals surface area contributed by atoms with Crippen LogP contribution in [0.25, 0.3) is 5.57 Å². The first-order valence-corrected chi connectivity index (χ1v) is 10.1. The maximum atomic E-state index is 6.90. The number of nitrogens with one attached hydrogen (secondary N) is 3.